The van der Waals surface area contributed by atoms with E-state index in [1.807, 2.05) is 6.07 Å². The van der Waals surface area contributed by atoms with Gasteiger partial charge in [-0.3, -0.25) is 14.5 Å². The molecule has 4 aromatic rings. The maximum atomic E-state index is 14.7. The number of benzene rings is 1. The zero-order valence-electron chi connectivity index (χ0n) is 22.2. The van der Waals surface area contributed by atoms with E-state index in [2.05, 4.69) is 15.0 Å². The Bertz CT molecular complexity index is 1700. The molecular formula is C30H29F2N5O4. The van der Waals surface area contributed by atoms with E-state index in [4.69, 9.17) is 4.74 Å². The first-order valence-electron chi connectivity index (χ1n) is 14.0. The number of carbonyl (C=O) groups excluding carboxylic acids is 1. The van der Waals surface area contributed by atoms with Gasteiger partial charge in [0.25, 0.3) is 0 Å². The number of carbonyl (C=O) groups is 1. The number of amides is 1. The van der Waals surface area contributed by atoms with E-state index in [0.717, 1.165) is 11.6 Å². The first kappa shape index (κ1) is 25.8. The van der Waals surface area contributed by atoms with Crippen LogP contribution in [0.4, 0.5) is 13.6 Å². The van der Waals surface area contributed by atoms with E-state index in [1.54, 1.807) is 40.1 Å². The molecule has 0 bridgehead atoms. The summed E-state index contributed by atoms with van der Waals surface area (Å²) in [6.07, 6.45) is 3.97. The van der Waals surface area contributed by atoms with Gasteiger partial charge in [-0.05, 0) is 55.5 Å². The predicted octanol–water partition coefficient (Wildman–Crippen LogP) is 4.49. The van der Waals surface area contributed by atoms with Gasteiger partial charge in [0.05, 0.1) is 22.7 Å². The molecule has 2 unspecified atom stereocenters. The van der Waals surface area contributed by atoms with Crippen LogP contribution in [0.5, 0.6) is 0 Å². The molecule has 2 fully saturated rings. The van der Waals surface area contributed by atoms with Gasteiger partial charge in [-0.2, -0.15) is 0 Å². The maximum absolute atomic E-state index is 14.7. The van der Waals surface area contributed by atoms with Gasteiger partial charge >= 0.3 is 11.8 Å². The van der Waals surface area contributed by atoms with E-state index >= 15 is 0 Å². The Morgan fingerprint density at radius 2 is 1.78 bits per heavy atom. The number of H-pyrrole nitrogens is 1. The van der Waals surface area contributed by atoms with Crippen LogP contribution in [0.2, 0.25) is 0 Å². The summed E-state index contributed by atoms with van der Waals surface area (Å²) in [5.74, 6) is -2.56. The van der Waals surface area contributed by atoms with Crippen LogP contribution in [-0.2, 0) is 10.2 Å². The smallest absolute Gasteiger partial charge is 0.410 e. The number of hydrogen-bond donors (Lipinski definition) is 2. The highest BCUT2D eigenvalue weighted by molar-refractivity contribution is 5.71. The summed E-state index contributed by atoms with van der Waals surface area (Å²) in [4.78, 5) is 39.1. The van der Waals surface area contributed by atoms with Crippen molar-refractivity contribution in [3.63, 3.8) is 0 Å². The van der Waals surface area contributed by atoms with Crippen molar-refractivity contribution in [2.75, 3.05) is 13.1 Å². The number of rotatable bonds is 3. The maximum Gasteiger partial charge on any atom is 0.410 e. The minimum Gasteiger partial charge on any atom is -0.445 e. The second-order valence-electron chi connectivity index (χ2n) is 11.3. The Labute approximate surface area is 233 Å². The Kier molecular flexibility index (Phi) is 6.15. The molecule has 212 valence electrons. The molecule has 1 spiro atoms. The quantitative estimate of drug-likeness (QED) is 0.381. The van der Waals surface area contributed by atoms with E-state index in [-0.39, 0.29) is 17.3 Å². The molecule has 7 rings (SSSR count). The fourth-order valence-electron chi connectivity index (χ4n) is 6.87. The molecule has 11 heteroatoms. The van der Waals surface area contributed by atoms with Gasteiger partial charge in [-0.1, -0.05) is 18.2 Å². The SMILES string of the molecule is O=C(OC1CC12CC[C@@H](c1cccc(F)c1F)[C@H](O)c1cccnc12)N1CCC(n2c(=O)[nH]c3ncccc32)CC1. The lowest BCUT2D eigenvalue weighted by Crippen LogP contribution is -2.41. The van der Waals surface area contributed by atoms with Crippen molar-refractivity contribution in [1.29, 1.82) is 0 Å². The fourth-order valence-corrected chi connectivity index (χ4v) is 6.87. The third-order valence-electron chi connectivity index (χ3n) is 9.12. The molecule has 1 aromatic carbocycles. The van der Waals surface area contributed by atoms with Crippen LogP contribution >= 0.6 is 0 Å². The van der Waals surface area contributed by atoms with Gasteiger partial charge in [-0.25, -0.2) is 23.4 Å². The molecule has 4 atom stereocenters. The molecule has 1 saturated heterocycles. The zero-order valence-corrected chi connectivity index (χ0v) is 22.2. The first-order chi connectivity index (χ1) is 19.9. The minimum absolute atomic E-state index is 0.0589. The minimum atomic E-state index is -1.08. The van der Waals surface area contributed by atoms with Crippen LogP contribution in [0.3, 0.4) is 0 Å². The number of aliphatic hydroxyl groups is 1. The second kappa shape index (κ2) is 9.76. The number of fused-ring (bicyclic) bond motifs is 3. The van der Waals surface area contributed by atoms with Crippen molar-refractivity contribution < 1.29 is 23.4 Å². The standard InChI is InChI=1S/C30H29F2N5O4/c31-21-6-1-4-18(24(21)32)19-8-11-30(26-20(25(19)38)5-2-12-33-26)16-23(30)41-29(40)36-14-9-17(10-15-36)37-22-7-3-13-34-27(22)35-28(37)39/h1-7,12-13,17,19,23,25,38H,8-11,14-16H2,(H,34,35,39)/t19-,23?,25-,30?/m0/s1. The first-order valence-corrected chi connectivity index (χ1v) is 14.0. The molecule has 1 aliphatic heterocycles. The van der Waals surface area contributed by atoms with Crippen molar-refractivity contribution in [2.24, 2.45) is 0 Å². The highest BCUT2D eigenvalue weighted by Gasteiger charge is 2.62. The van der Waals surface area contributed by atoms with Crippen molar-refractivity contribution in [3.8, 4) is 0 Å². The molecular weight excluding hydrogens is 532 g/mol. The molecule has 1 amide bonds. The van der Waals surface area contributed by atoms with Gasteiger partial charge < -0.3 is 14.7 Å². The van der Waals surface area contributed by atoms with Crippen LogP contribution in [-0.4, -0.2) is 54.8 Å². The number of ether oxygens (including phenoxy) is 1. The molecule has 0 radical (unpaired) electrons. The molecule has 3 aromatic heterocycles. The number of piperidine rings is 1. The number of aliphatic hydroxyl groups excluding tert-OH is 1. The number of aromatic nitrogens is 4. The second-order valence-corrected chi connectivity index (χ2v) is 11.3. The Morgan fingerprint density at radius 1 is 1.02 bits per heavy atom. The van der Waals surface area contributed by atoms with Gasteiger partial charge in [0, 0.05) is 49.4 Å². The third-order valence-corrected chi connectivity index (χ3v) is 9.12. The fraction of sp³-hybridized carbons (Fsp3) is 0.400. The third kappa shape index (κ3) is 4.21. The average molecular weight is 562 g/mol. The topological polar surface area (TPSA) is 113 Å². The normalized spacial score (nSPS) is 26.1. The van der Waals surface area contributed by atoms with E-state index in [0.29, 0.717) is 62.1 Å². The van der Waals surface area contributed by atoms with E-state index in [1.165, 1.54) is 12.1 Å². The van der Waals surface area contributed by atoms with Gasteiger partial charge in [0.15, 0.2) is 17.3 Å². The number of nitrogens with zero attached hydrogens (tertiary/aromatic N) is 4. The molecule has 2 N–H and O–H groups in total. The summed E-state index contributed by atoms with van der Waals surface area (Å²) in [5.41, 5.74) is 1.82. The van der Waals surface area contributed by atoms with Crippen LogP contribution in [0, 0.1) is 11.6 Å². The van der Waals surface area contributed by atoms with Crippen LogP contribution in [0.1, 0.15) is 67.0 Å². The highest BCUT2D eigenvalue weighted by Crippen LogP contribution is 2.59. The van der Waals surface area contributed by atoms with Crippen molar-refractivity contribution in [3.05, 3.63) is 93.8 Å². The molecule has 3 aliphatic rings. The van der Waals surface area contributed by atoms with Gasteiger partial charge in [-0.15, -0.1) is 0 Å². The summed E-state index contributed by atoms with van der Waals surface area (Å²) in [6.45, 7) is 0.883. The van der Waals surface area contributed by atoms with Crippen molar-refractivity contribution in [2.45, 2.75) is 61.7 Å². The van der Waals surface area contributed by atoms with E-state index < -0.39 is 41.3 Å². The van der Waals surface area contributed by atoms with Crippen molar-refractivity contribution in [1.82, 2.24) is 24.4 Å². The molecule has 9 nitrogen and oxygen atoms in total. The predicted molar refractivity (Wildman–Crippen MR) is 144 cm³/mol. The number of imidazole rings is 1. The number of nitrogens with one attached hydrogen (secondary N) is 1. The summed E-state index contributed by atoms with van der Waals surface area (Å²) < 4.78 is 36.5. The van der Waals surface area contributed by atoms with Crippen LogP contribution in [0.25, 0.3) is 11.2 Å². The number of aromatic amines is 1. The zero-order chi connectivity index (χ0) is 28.3. The van der Waals surface area contributed by atoms with Crippen molar-refractivity contribution >= 4 is 17.3 Å². The number of likely N-dealkylation sites (tertiary alicyclic amines) is 1. The lowest BCUT2D eigenvalue weighted by molar-refractivity contribution is 0.0756. The largest absolute Gasteiger partial charge is 0.445 e. The van der Waals surface area contributed by atoms with Gasteiger partial charge in [0.2, 0.25) is 0 Å². The van der Waals surface area contributed by atoms with Crippen LogP contribution < -0.4 is 5.69 Å². The molecule has 41 heavy (non-hydrogen) atoms. The Balaban J connectivity index is 1.06. The van der Waals surface area contributed by atoms with E-state index in [9.17, 15) is 23.5 Å². The van der Waals surface area contributed by atoms with Crippen LogP contribution in [0.15, 0.2) is 59.7 Å². The molecule has 2 aliphatic carbocycles. The molecule has 1 saturated carbocycles. The monoisotopic (exact) mass is 561 g/mol. The Hall–Kier alpha value is -4.12. The summed E-state index contributed by atoms with van der Waals surface area (Å²) >= 11 is 0. The summed E-state index contributed by atoms with van der Waals surface area (Å²) in [6, 6.07) is 11.1. The average Bonchev–Trinajstić information content (AvgIpc) is 3.60. The number of hydrogen-bond acceptors (Lipinski definition) is 6. The van der Waals surface area contributed by atoms with Gasteiger partial charge in [0.1, 0.15) is 6.10 Å². The number of halogens is 2. The highest BCUT2D eigenvalue weighted by atomic mass is 19.2. The molecule has 4 heterocycles. The lowest BCUT2D eigenvalue weighted by Gasteiger charge is -2.32. The number of pyridine rings is 2. The lowest BCUT2D eigenvalue weighted by atomic mass is 9.87. The summed E-state index contributed by atoms with van der Waals surface area (Å²) in [5, 5.41) is 11.3. The Morgan fingerprint density at radius 3 is 2.61 bits per heavy atom. The summed E-state index contributed by atoms with van der Waals surface area (Å²) in [7, 11) is 0.